The van der Waals surface area contributed by atoms with Crippen molar-refractivity contribution in [1.29, 1.82) is 0 Å². The van der Waals surface area contributed by atoms with Gasteiger partial charge in [-0.1, -0.05) is 25.6 Å². The van der Waals surface area contributed by atoms with Crippen molar-refractivity contribution < 1.29 is 47.5 Å². The molecule has 13 heteroatoms. The van der Waals surface area contributed by atoms with E-state index in [2.05, 4.69) is 10.6 Å². The van der Waals surface area contributed by atoms with E-state index in [1.54, 1.807) is 0 Å². The van der Waals surface area contributed by atoms with E-state index in [1.807, 2.05) is 21.1 Å². The zero-order chi connectivity index (χ0) is 26.6. The van der Waals surface area contributed by atoms with Crippen molar-refractivity contribution >= 4 is 46.6 Å². The molecule has 0 aliphatic carbocycles. The molecular weight excluding hydrogens is 482 g/mol. The minimum absolute atomic E-state index is 0.0264. The lowest BCUT2D eigenvalue weighted by Gasteiger charge is -2.32. The Kier molecular flexibility index (Phi) is 12.2. The molecule has 1 saturated heterocycles. The molecule has 0 unspecified atom stereocenters. The van der Waals surface area contributed by atoms with Crippen LogP contribution >= 0.6 is 11.8 Å². The maximum Gasteiger partial charge on any atom is 0.418 e. The minimum atomic E-state index is -1.52. The number of carbonyl (C=O) groups is 6. The van der Waals surface area contributed by atoms with Crippen molar-refractivity contribution in [3.63, 3.8) is 0 Å². The monoisotopic (exact) mass is 518 g/mol. The Morgan fingerprint density at radius 3 is 2.37 bits per heavy atom. The lowest BCUT2D eigenvalue weighted by Crippen LogP contribution is -2.50. The van der Waals surface area contributed by atoms with Crippen LogP contribution in [0.5, 0.6) is 0 Å². The molecule has 35 heavy (non-hydrogen) atoms. The van der Waals surface area contributed by atoms with E-state index < -0.39 is 35.3 Å². The Hall–Kier alpha value is -2.67. The Morgan fingerprint density at radius 2 is 1.71 bits per heavy atom. The number of likely N-dealkylation sites (N-methyl/N-ethyl adjacent to an activating group) is 1. The maximum atomic E-state index is 12.8. The van der Waals surface area contributed by atoms with Crippen LogP contribution in [-0.2, 0) is 43.0 Å². The van der Waals surface area contributed by atoms with E-state index in [4.69, 9.17) is 14.2 Å². The van der Waals surface area contributed by atoms with Crippen LogP contribution in [0, 0.1) is 5.41 Å². The second kappa shape index (κ2) is 14.0. The fraction of sp³-hybridized carbons (Fsp3) is 0.727. The summed E-state index contributed by atoms with van der Waals surface area (Å²) in [5.74, 6) is -4.02. The summed E-state index contributed by atoms with van der Waals surface area (Å²) in [5.41, 5.74) is -1.24. The summed E-state index contributed by atoms with van der Waals surface area (Å²) in [6, 6.07) is 0. The van der Waals surface area contributed by atoms with Gasteiger partial charge in [0.2, 0.25) is 5.91 Å². The summed E-state index contributed by atoms with van der Waals surface area (Å²) in [5, 5.41) is 4.91. The first kappa shape index (κ1) is 30.4. The Balaban J connectivity index is 2.93. The Bertz CT molecular complexity index is 808. The van der Waals surface area contributed by atoms with Crippen LogP contribution in [0.4, 0.5) is 0 Å². The normalized spacial score (nSPS) is 21.1. The van der Waals surface area contributed by atoms with E-state index >= 15 is 0 Å². The van der Waals surface area contributed by atoms with Crippen LogP contribution in [-0.4, -0.2) is 105 Å². The molecule has 0 aromatic rings. The summed E-state index contributed by atoms with van der Waals surface area (Å²) in [7, 11) is 5.65. The Morgan fingerprint density at radius 1 is 1.03 bits per heavy atom. The van der Waals surface area contributed by atoms with Crippen LogP contribution in [0.1, 0.15) is 33.1 Å². The van der Waals surface area contributed by atoms with Crippen LogP contribution in [0.2, 0.25) is 0 Å². The summed E-state index contributed by atoms with van der Waals surface area (Å²) < 4.78 is 15.8. The minimum Gasteiger partial charge on any atom is -0.465 e. The molecule has 1 aliphatic rings. The van der Waals surface area contributed by atoms with Gasteiger partial charge < -0.3 is 29.3 Å². The third-order valence-corrected chi connectivity index (χ3v) is 5.75. The van der Waals surface area contributed by atoms with Gasteiger partial charge in [-0.25, -0.2) is 9.59 Å². The van der Waals surface area contributed by atoms with Gasteiger partial charge in [0.25, 0.3) is 5.91 Å². The fourth-order valence-corrected chi connectivity index (χ4v) is 3.40. The van der Waals surface area contributed by atoms with Crippen molar-refractivity contribution in [3.8, 4) is 0 Å². The van der Waals surface area contributed by atoms with E-state index in [9.17, 15) is 28.8 Å². The smallest absolute Gasteiger partial charge is 0.418 e. The number of rotatable bonds is 4. The molecule has 0 aromatic carbocycles. The highest BCUT2D eigenvalue weighted by Gasteiger charge is 2.41. The van der Waals surface area contributed by atoms with Gasteiger partial charge >= 0.3 is 17.9 Å². The third-order valence-electron chi connectivity index (χ3n) is 4.81. The number of esters is 3. The number of carbonyl (C=O) groups excluding carboxylic acids is 6. The van der Waals surface area contributed by atoms with E-state index in [0.717, 1.165) is 11.8 Å². The highest BCUT2D eigenvalue weighted by Crippen LogP contribution is 2.25. The first-order valence-electron chi connectivity index (χ1n) is 11.2. The zero-order valence-electron chi connectivity index (χ0n) is 21.0. The highest BCUT2D eigenvalue weighted by atomic mass is 32.2. The van der Waals surface area contributed by atoms with Gasteiger partial charge in [0, 0.05) is 37.1 Å². The Labute approximate surface area is 209 Å². The molecule has 1 fully saturated rings. The molecule has 2 amide bonds. The zero-order valence-corrected chi connectivity index (χ0v) is 21.8. The molecule has 0 aromatic heterocycles. The number of hydrogen-bond donors (Lipinski definition) is 2. The van der Waals surface area contributed by atoms with Gasteiger partial charge in [-0.3, -0.25) is 19.2 Å². The first-order chi connectivity index (χ1) is 16.2. The molecule has 0 saturated carbocycles. The predicted octanol–water partition coefficient (Wildman–Crippen LogP) is -0.607. The second-order valence-corrected chi connectivity index (χ2v) is 10.8. The number of amides is 2. The molecule has 1 rings (SSSR count). The predicted molar refractivity (Wildman–Crippen MR) is 126 cm³/mol. The molecular formula is C22H36N3O9S+. The summed E-state index contributed by atoms with van der Waals surface area (Å²) in [6.45, 7) is 3.32. The second-order valence-electron chi connectivity index (χ2n) is 9.70. The van der Waals surface area contributed by atoms with Gasteiger partial charge in [-0.05, 0) is 0 Å². The van der Waals surface area contributed by atoms with E-state index in [-0.39, 0.29) is 56.6 Å². The number of nitrogens with zero attached hydrogens (tertiary/aromatic N) is 1. The standard InChI is InChI=1S/C22H35N3O9S/c1-22(2)14-33-16(27)6-7-17(28)35-13-10-23-15(26)8-9-24-19(29)18(22)34-21(31)20(30)32-12-11-25(3,4)5/h18H,6-14H2,1-5H3,(H-,23,24,26,29)/p+1/t18-/m0/s1. The van der Waals surface area contributed by atoms with Gasteiger partial charge in [0.05, 0.1) is 27.6 Å². The van der Waals surface area contributed by atoms with Crippen LogP contribution in [0.15, 0.2) is 0 Å². The lowest BCUT2D eigenvalue weighted by atomic mass is 9.86. The number of cyclic esters (lactones) is 1. The molecule has 0 bridgehead atoms. The fourth-order valence-electron chi connectivity index (χ4n) is 2.72. The van der Waals surface area contributed by atoms with Crippen molar-refractivity contribution in [2.24, 2.45) is 5.41 Å². The van der Waals surface area contributed by atoms with Crippen molar-refractivity contribution in [2.75, 3.05) is 59.7 Å². The molecule has 12 nitrogen and oxygen atoms in total. The quantitative estimate of drug-likeness (QED) is 0.213. The van der Waals surface area contributed by atoms with Crippen LogP contribution in [0.3, 0.4) is 0 Å². The average molecular weight is 519 g/mol. The van der Waals surface area contributed by atoms with Gasteiger partial charge in [-0.2, -0.15) is 0 Å². The molecule has 1 aliphatic heterocycles. The molecule has 1 atom stereocenters. The van der Waals surface area contributed by atoms with E-state index in [0.29, 0.717) is 16.8 Å². The van der Waals surface area contributed by atoms with Crippen molar-refractivity contribution in [1.82, 2.24) is 10.6 Å². The number of hydrogen-bond acceptors (Lipinski definition) is 10. The average Bonchev–Trinajstić information content (AvgIpc) is 2.75. The van der Waals surface area contributed by atoms with Crippen molar-refractivity contribution in [2.45, 2.75) is 39.2 Å². The largest absolute Gasteiger partial charge is 0.465 e. The van der Waals surface area contributed by atoms with Gasteiger partial charge in [0.15, 0.2) is 11.2 Å². The maximum absolute atomic E-state index is 12.8. The first-order valence-corrected chi connectivity index (χ1v) is 12.2. The number of thioether (sulfide) groups is 1. The van der Waals surface area contributed by atoms with Crippen LogP contribution in [0.25, 0.3) is 0 Å². The molecule has 0 spiro atoms. The molecule has 198 valence electrons. The summed E-state index contributed by atoms with van der Waals surface area (Å²) in [6.07, 6.45) is -1.78. The lowest BCUT2D eigenvalue weighted by molar-refractivity contribution is -0.870. The van der Waals surface area contributed by atoms with Crippen molar-refractivity contribution in [3.05, 3.63) is 0 Å². The number of ether oxygens (including phenoxy) is 3. The van der Waals surface area contributed by atoms with Crippen LogP contribution < -0.4 is 10.6 Å². The SMILES string of the molecule is CC1(C)COC(=O)CCC(=O)SCCNC(=O)CCNC(=O)[C@@H]1OC(=O)C(=O)OCC[N+](C)(C)C. The summed E-state index contributed by atoms with van der Waals surface area (Å²) >= 11 is 1.00. The highest BCUT2D eigenvalue weighted by molar-refractivity contribution is 8.13. The number of nitrogens with one attached hydrogen (secondary N) is 2. The third kappa shape index (κ3) is 12.6. The topological polar surface area (TPSA) is 154 Å². The van der Waals surface area contributed by atoms with Gasteiger partial charge in [0.1, 0.15) is 19.8 Å². The van der Waals surface area contributed by atoms with E-state index in [1.165, 1.54) is 13.8 Å². The molecule has 0 radical (unpaired) electrons. The molecule has 1 heterocycles. The van der Waals surface area contributed by atoms with Gasteiger partial charge in [-0.15, -0.1) is 0 Å². The molecule has 2 N–H and O–H groups in total. The number of quaternary nitrogens is 1. The summed E-state index contributed by atoms with van der Waals surface area (Å²) in [4.78, 5) is 73.2.